The fourth-order valence-electron chi connectivity index (χ4n) is 2.44. The molecule has 6 heteroatoms. The summed E-state index contributed by atoms with van der Waals surface area (Å²) < 4.78 is 18.5. The van der Waals surface area contributed by atoms with Gasteiger partial charge in [0.05, 0.1) is 7.11 Å². The van der Waals surface area contributed by atoms with E-state index in [4.69, 9.17) is 4.74 Å². The number of amides is 2. The maximum atomic E-state index is 13.6. The average Bonchev–Trinajstić information content (AvgIpc) is 2.64. The molecule has 138 valence electrons. The molecule has 0 saturated carbocycles. The van der Waals surface area contributed by atoms with Gasteiger partial charge in [-0.2, -0.15) is 0 Å². The van der Waals surface area contributed by atoms with Gasteiger partial charge in [0.15, 0.2) is 11.6 Å². The summed E-state index contributed by atoms with van der Waals surface area (Å²) in [4.78, 5) is 25.3. The lowest BCUT2D eigenvalue weighted by molar-refractivity contribution is -0.121. The van der Waals surface area contributed by atoms with E-state index in [1.54, 1.807) is 38.4 Å². The molecule has 5 nitrogen and oxygen atoms in total. The second-order valence-electron chi connectivity index (χ2n) is 6.14. The number of aryl methyl sites for hydroxylation is 1. The third-order valence-corrected chi connectivity index (χ3v) is 3.95. The summed E-state index contributed by atoms with van der Waals surface area (Å²) in [6.07, 6.45) is 0.714. The summed E-state index contributed by atoms with van der Waals surface area (Å²) >= 11 is 0. The number of benzene rings is 2. The van der Waals surface area contributed by atoms with Crippen molar-refractivity contribution in [1.29, 1.82) is 0 Å². The van der Waals surface area contributed by atoms with Gasteiger partial charge < -0.3 is 15.0 Å². The van der Waals surface area contributed by atoms with Crippen molar-refractivity contribution >= 4 is 11.8 Å². The Hall–Kier alpha value is -2.89. The minimum absolute atomic E-state index is 0.0627. The summed E-state index contributed by atoms with van der Waals surface area (Å²) in [6.45, 7) is 0.381. The SMILES string of the molecule is COc1ccc(CCC(=O)NCc2ccc(C(=O)N(C)C)cc2)cc1F. The number of nitrogens with zero attached hydrogens (tertiary/aromatic N) is 1. The molecule has 0 bridgehead atoms. The topological polar surface area (TPSA) is 58.6 Å². The highest BCUT2D eigenvalue weighted by molar-refractivity contribution is 5.93. The third kappa shape index (κ3) is 5.31. The van der Waals surface area contributed by atoms with Gasteiger partial charge in [-0.05, 0) is 41.8 Å². The standard InChI is InChI=1S/C20H23FN2O3/c1-23(2)20(25)16-8-4-15(5-9-16)13-22-19(24)11-7-14-6-10-18(26-3)17(21)12-14/h4-6,8-10,12H,7,11,13H2,1-3H3,(H,22,24). The van der Waals surface area contributed by atoms with Crippen LogP contribution in [0, 0.1) is 5.82 Å². The van der Waals surface area contributed by atoms with Crippen LogP contribution in [0.4, 0.5) is 4.39 Å². The number of hydrogen-bond acceptors (Lipinski definition) is 3. The Labute approximate surface area is 152 Å². The highest BCUT2D eigenvalue weighted by Gasteiger charge is 2.08. The van der Waals surface area contributed by atoms with E-state index in [0.29, 0.717) is 18.5 Å². The molecule has 0 heterocycles. The van der Waals surface area contributed by atoms with Crippen molar-refractivity contribution in [3.63, 3.8) is 0 Å². The molecule has 0 aliphatic rings. The molecule has 2 aromatic carbocycles. The number of nitrogens with one attached hydrogen (secondary N) is 1. The Morgan fingerprint density at radius 2 is 1.73 bits per heavy atom. The number of ether oxygens (including phenoxy) is 1. The monoisotopic (exact) mass is 358 g/mol. The van der Waals surface area contributed by atoms with Gasteiger partial charge in [0.25, 0.3) is 5.91 Å². The van der Waals surface area contributed by atoms with Crippen molar-refractivity contribution in [3.05, 3.63) is 65.0 Å². The number of methoxy groups -OCH3 is 1. The first-order chi connectivity index (χ1) is 12.4. The van der Waals surface area contributed by atoms with Gasteiger partial charge in [-0.25, -0.2) is 4.39 Å². The molecule has 26 heavy (non-hydrogen) atoms. The smallest absolute Gasteiger partial charge is 0.253 e. The van der Waals surface area contributed by atoms with E-state index in [2.05, 4.69) is 5.32 Å². The lowest BCUT2D eigenvalue weighted by Crippen LogP contribution is -2.23. The van der Waals surface area contributed by atoms with E-state index < -0.39 is 5.82 Å². The molecule has 1 N–H and O–H groups in total. The van der Waals surface area contributed by atoms with Gasteiger partial charge in [-0.1, -0.05) is 18.2 Å². The van der Waals surface area contributed by atoms with Crippen molar-refractivity contribution in [2.45, 2.75) is 19.4 Å². The maximum Gasteiger partial charge on any atom is 0.253 e. The van der Waals surface area contributed by atoms with Gasteiger partial charge in [0, 0.05) is 32.6 Å². The zero-order chi connectivity index (χ0) is 19.1. The molecule has 0 unspecified atom stereocenters. The van der Waals surface area contributed by atoms with E-state index in [9.17, 15) is 14.0 Å². The lowest BCUT2D eigenvalue weighted by atomic mass is 10.1. The van der Waals surface area contributed by atoms with E-state index in [1.807, 2.05) is 12.1 Å². The van der Waals surface area contributed by atoms with E-state index >= 15 is 0 Å². The Morgan fingerprint density at radius 1 is 1.08 bits per heavy atom. The van der Waals surface area contributed by atoms with E-state index in [1.165, 1.54) is 18.1 Å². The first-order valence-corrected chi connectivity index (χ1v) is 8.30. The lowest BCUT2D eigenvalue weighted by Gasteiger charge is -2.11. The van der Waals surface area contributed by atoms with Gasteiger partial charge in [-0.15, -0.1) is 0 Å². The van der Waals surface area contributed by atoms with Crippen LogP contribution >= 0.6 is 0 Å². The quantitative estimate of drug-likeness (QED) is 0.828. The zero-order valence-corrected chi connectivity index (χ0v) is 15.2. The highest BCUT2D eigenvalue weighted by atomic mass is 19.1. The number of carbonyl (C=O) groups excluding carboxylic acids is 2. The average molecular weight is 358 g/mol. The highest BCUT2D eigenvalue weighted by Crippen LogP contribution is 2.18. The second-order valence-corrected chi connectivity index (χ2v) is 6.14. The molecule has 0 spiro atoms. The molecule has 0 radical (unpaired) electrons. The van der Waals surface area contributed by atoms with Crippen molar-refractivity contribution in [3.8, 4) is 5.75 Å². The van der Waals surface area contributed by atoms with Crippen molar-refractivity contribution < 1.29 is 18.7 Å². The van der Waals surface area contributed by atoms with Crippen molar-refractivity contribution in [2.24, 2.45) is 0 Å². The van der Waals surface area contributed by atoms with Crippen LogP contribution in [0.1, 0.15) is 27.9 Å². The summed E-state index contributed by atoms with van der Waals surface area (Å²) in [5.74, 6) is -0.422. The Morgan fingerprint density at radius 3 is 2.31 bits per heavy atom. The predicted molar refractivity (Wildman–Crippen MR) is 97.6 cm³/mol. The Balaban J connectivity index is 1.81. The van der Waals surface area contributed by atoms with Crippen LogP contribution in [0.25, 0.3) is 0 Å². The number of hydrogen-bond donors (Lipinski definition) is 1. The minimum Gasteiger partial charge on any atom is -0.494 e. The van der Waals surface area contributed by atoms with Crippen LogP contribution in [0.15, 0.2) is 42.5 Å². The molecular weight excluding hydrogens is 335 g/mol. The van der Waals surface area contributed by atoms with Crippen LogP contribution in [0.2, 0.25) is 0 Å². The second kappa shape index (κ2) is 8.99. The largest absolute Gasteiger partial charge is 0.494 e. The summed E-state index contributed by atoms with van der Waals surface area (Å²) in [5, 5.41) is 2.83. The number of rotatable bonds is 7. The number of halogens is 1. The molecule has 2 aromatic rings. The van der Waals surface area contributed by atoms with Gasteiger partial charge in [-0.3, -0.25) is 9.59 Å². The van der Waals surface area contributed by atoms with E-state index in [-0.39, 0.29) is 24.0 Å². The van der Waals surface area contributed by atoms with E-state index in [0.717, 1.165) is 11.1 Å². The first kappa shape index (κ1) is 19.4. The van der Waals surface area contributed by atoms with Gasteiger partial charge in [0.2, 0.25) is 5.91 Å². The van der Waals surface area contributed by atoms with Crippen LogP contribution < -0.4 is 10.1 Å². The Kier molecular flexibility index (Phi) is 6.72. The summed E-state index contributed by atoms with van der Waals surface area (Å²) in [5.41, 5.74) is 2.25. The zero-order valence-electron chi connectivity index (χ0n) is 15.2. The fraction of sp³-hybridized carbons (Fsp3) is 0.300. The van der Waals surface area contributed by atoms with Crippen LogP contribution in [-0.4, -0.2) is 37.9 Å². The number of carbonyl (C=O) groups is 2. The molecule has 2 amide bonds. The van der Waals surface area contributed by atoms with Crippen molar-refractivity contribution in [1.82, 2.24) is 10.2 Å². The molecular formula is C20H23FN2O3. The fourth-order valence-corrected chi connectivity index (χ4v) is 2.44. The van der Waals surface area contributed by atoms with Crippen molar-refractivity contribution in [2.75, 3.05) is 21.2 Å². The van der Waals surface area contributed by atoms with Crippen LogP contribution in [0.5, 0.6) is 5.75 Å². The molecule has 0 saturated heterocycles. The normalized spacial score (nSPS) is 10.3. The van der Waals surface area contributed by atoms with Gasteiger partial charge in [0.1, 0.15) is 0 Å². The molecule has 0 aliphatic heterocycles. The maximum absolute atomic E-state index is 13.6. The Bertz CT molecular complexity index is 773. The molecule has 0 aromatic heterocycles. The molecule has 0 fully saturated rings. The summed E-state index contributed by atoms with van der Waals surface area (Å²) in [6, 6.07) is 11.8. The summed E-state index contributed by atoms with van der Waals surface area (Å²) in [7, 11) is 4.81. The van der Waals surface area contributed by atoms with Crippen LogP contribution in [0.3, 0.4) is 0 Å². The first-order valence-electron chi connectivity index (χ1n) is 8.30. The molecule has 0 aliphatic carbocycles. The predicted octanol–water partition coefficient (Wildman–Crippen LogP) is 2.79. The third-order valence-electron chi connectivity index (χ3n) is 3.95. The van der Waals surface area contributed by atoms with Crippen LogP contribution in [-0.2, 0) is 17.8 Å². The molecule has 0 atom stereocenters. The minimum atomic E-state index is -0.433. The van der Waals surface area contributed by atoms with Gasteiger partial charge >= 0.3 is 0 Å². The molecule has 2 rings (SSSR count).